The van der Waals surface area contributed by atoms with Crippen LogP contribution in [-0.2, 0) is 25.2 Å². The standard InChI is InChI=1S/C22H18N4O2.C15H19BO2.C14H12ClN3O2/c1-2-4-18-16(3-1)19-20(28-18)22(26-9-11-27-12-10-26)25-21(24-19)15-5-6-17-14(13-15)7-8-23-17;1-14(2)15(3,4)18-16(17-14)13-9-8-11-6-5-7-12(11)10-13;15-14-16-11-9-3-1-2-4-10(9)20-12(11)13(17-14)18-5-7-19-8-6-18/h1-8,13,23H,9-12H2;5,7-10H,6H2,1-4H3;1-4H,5-8H2. The number of nitrogens with zero attached hydrogens (tertiary/aromatic N) is 6. The first-order valence-corrected chi connectivity index (χ1v) is 22.9. The van der Waals surface area contributed by atoms with Gasteiger partial charge >= 0.3 is 7.12 Å². The first-order chi connectivity index (χ1) is 32.1. The minimum Gasteiger partial charge on any atom is -0.450 e. The molecule has 9 aromatic rings. The fourth-order valence-electron chi connectivity index (χ4n) is 8.82. The van der Waals surface area contributed by atoms with E-state index in [0.29, 0.717) is 37.8 Å². The molecule has 3 fully saturated rings. The Morgan fingerprint density at radius 1 is 0.652 bits per heavy atom. The van der Waals surface area contributed by atoms with Gasteiger partial charge < -0.3 is 42.4 Å². The number of allylic oxidation sites excluding steroid dienone is 1. The van der Waals surface area contributed by atoms with Gasteiger partial charge in [0.05, 0.1) is 37.6 Å². The summed E-state index contributed by atoms with van der Waals surface area (Å²) in [5.74, 6) is 2.30. The number of rotatable bonds is 4. The van der Waals surface area contributed by atoms with Gasteiger partial charge in [-0.1, -0.05) is 54.6 Å². The highest BCUT2D eigenvalue weighted by Gasteiger charge is 2.51. The van der Waals surface area contributed by atoms with Crippen molar-refractivity contribution < 1.29 is 27.6 Å². The highest BCUT2D eigenvalue weighted by atomic mass is 35.5. The van der Waals surface area contributed by atoms with Crippen molar-refractivity contribution in [2.45, 2.75) is 45.3 Å². The van der Waals surface area contributed by atoms with E-state index in [-0.39, 0.29) is 23.6 Å². The first-order valence-electron chi connectivity index (χ1n) is 22.5. The lowest BCUT2D eigenvalue weighted by Crippen LogP contribution is -2.41. The van der Waals surface area contributed by atoms with E-state index in [4.69, 9.17) is 49.2 Å². The number of halogens is 1. The first kappa shape index (κ1) is 42.4. The van der Waals surface area contributed by atoms with Crippen molar-refractivity contribution in [1.29, 1.82) is 0 Å². The monoisotopic (exact) mass is 901 g/mol. The van der Waals surface area contributed by atoms with Gasteiger partial charge in [-0.05, 0) is 111 Å². The van der Waals surface area contributed by atoms with Gasteiger partial charge in [0.1, 0.15) is 22.2 Å². The molecular formula is C51H49BClN7O6. The summed E-state index contributed by atoms with van der Waals surface area (Å²) in [7, 11) is -0.255. The van der Waals surface area contributed by atoms with Crippen LogP contribution in [0.1, 0.15) is 38.8 Å². The molecule has 0 radical (unpaired) electrons. The smallest absolute Gasteiger partial charge is 0.450 e. The molecule has 0 unspecified atom stereocenters. The van der Waals surface area contributed by atoms with Gasteiger partial charge in [-0.2, -0.15) is 4.98 Å². The largest absolute Gasteiger partial charge is 0.494 e. The van der Waals surface area contributed by atoms with Crippen LogP contribution in [0, 0.1) is 0 Å². The third-order valence-electron chi connectivity index (χ3n) is 13.1. The molecule has 0 spiro atoms. The summed E-state index contributed by atoms with van der Waals surface area (Å²) < 4.78 is 35.1. The number of nitrogens with one attached hydrogen (secondary N) is 1. The molecule has 0 amide bonds. The van der Waals surface area contributed by atoms with Crippen LogP contribution in [0.4, 0.5) is 11.6 Å². The third kappa shape index (κ3) is 7.96. The van der Waals surface area contributed by atoms with E-state index in [0.717, 1.165) is 105 Å². The Hall–Kier alpha value is -6.29. The maximum Gasteiger partial charge on any atom is 0.494 e. The number of para-hydroxylation sites is 2. The van der Waals surface area contributed by atoms with Crippen LogP contribution >= 0.6 is 11.6 Å². The number of ether oxygens (including phenoxy) is 2. The normalized spacial score (nSPS) is 17.7. The molecule has 13 rings (SSSR count). The van der Waals surface area contributed by atoms with E-state index in [1.54, 1.807) is 0 Å². The molecule has 0 bridgehead atoms. The van der Waals surface area contributed by atoms with Gasteiger partial charge in [0.15, 0.2) is 28.6 Å². The summed E-state index contributed by atoms with van der Waals surface area (Å²) in [6.07, 6.45) is 7.35. The molecule has 0 saturated carbocycles. The SMILES string of the molecule is CC1(C)OB(c2ccc3c(c2)C=CC3)OC1(C)C.Clc1nc(N2CCOCC2)c2oc3ccccc3c2n1.c1ccc2c(c1)oc1c(N3CCOCC3)nc(-c3ccc4[nH]ccc4c3)nc12. The van der Waals surface area contributed by atoms with Gasteiger partial charge in [-0.25, -0.2) is 15.0 Å². The average Bonchev–Trinajstić information content (AvgIpc) is 4.18. The number of hydrogen-bond donors (Lipinski definition) is 1. The lowest BCUT2D eigenvalue weighted by atomic mass is 9.78. The van der Waals surface area contributed by atoms with Gasteiger partial charge in [-0.15, -0.1) is 0 Å². The summed E-state index contributed by atoms with van der Waals surface area (Å²) >= 11 is 6.08. The molecule has 13 nitrogen and oxygen atoms in total. The molecule has 5 aromatic heterocycles. The van der Waals surface area contributed by atoms with Crippen LogP contribution in [0.15, 0.2) is 112 Å². The maximum absolute atomic E-state index is 6.17. The van der Waals surface area contributed by atoms with E-state index in [9.17, 15) is 0 Å². The molecule has 8 heterocycles. The number of anilines is 2. The molecule has 3 saturated heterocycles. The lowest BCUT2D eigenvalue weighted by molar-refractivity contribution is 0.00578. The number of aromatic amines is 1. The fourth-order valence-corrected chi connectivity index (χ4v) is 8.98. The van der Waals surface area contributed by atoms with E-state index in [1.165, 1.54) is 11.1 Å². The number of hydrogen-bond acceptors (Lipinski definition) is 12. The quantitative estimate of drug-likeness (QED) is 0.133. The van der Waals surface area contributed by atoms with Crippen LogP contribution in [0.25, 0.3) is 72.5 Å². The summed E-state index contributed by atoms with van der Waals surface area (Å²) in [5.41, 5.74) is 10.0. The second-order valence-corrected chi connectivity index (χ2v) is 18.2. The number of aromatic nitrogens is 5. The molecule has 1 aliphatic carbocycles. The van der Waals surface area contributed by atoms with Crippen LogP contribution in [-0.4, -0.2) is 95.8 Å². The number of morpholine rings is 2. The topological polar surface area (TPSA) is 137 Å². The Bertz CT molecular complexity index is 3260. The fraction of sp³-hybridized carbons (Fsp3) is 0.294. The average molecular weight is 902 g/mol. The van der Waals surface area contributed by atoms with Gasteiger partial charge in [-0.3, -0.25) is 0 Å². The van der Waals surface area contributed by atoms with Gasteiger partial charge in [0.25, 0.3) is 0 Å². The second kappa shape index (κ2) is 17.2. The predicted octanol–water partition coefficient (Wildman–Crippen LogP) is 9.78. The maximum atomic E-state index is 6.17. The minimum absolute atomic E-state index is 0.241. The Kier molecular flexibility index (Phi) is 11.0. The minimum atomic E-state index is -0.271. The van der Waals surface area contributed by atoms with E-state index < -0.39 is 0 Å². The van der Waals surface area contributed by atoms with Gasteiger partial charge in [0, 0.05) is 59.6 Å². The Morgan fingerprint density at radius 2 is 1.26 bits per heavy atom. The summed E-state index contributed by atoms with van der Waals surface area (Å²) in [4.78, 5) is 26.1. The van der Waals surface area contributed by atoms with Crippen molar-refractivity contribution in [3.63, 3.8) is 0 Å². The van der Waals surface area contributed by atoms with Crippen LogP contribution < -0.4 is 15.3 Å². The number of benzene rings is 4. The Balaban J connectivity index is 0.000000113. The highest BCUT2D eigenvalue weighted by molar-refractivity contribution is 6.62. The number of fused-ring (bicyclic) bond motifs is 8. The molecule has 1 N–H and O–H groups in total. The van der Waals surface area contributed by atoms with Crippen molar-refractivity contribution in [2.24, 2.45) is 0 Å². The zero-order chi connectivity index (χ0) is 45.0. The van der Waals surface area contributed by atoms with Crippen LogP contribution in [0.3, 0.4) is 0 Å². The van der Waals surface area contributed by atoms with Crippen molar-refractivity contribution >= 4 is 96.9 Å². The highest BCUT2D eigenvalue weighted by Crippen LogP contribution is 2.38. The van der Waals surface area contributed by atoms with E-state index >= 15 is 0 Å². The molecule has 0 atom stereocenters. The summed E-state index contributed by atoms with van der Waals surface area (Å²) in [5, 5.41) is 3.36. The van der Waals surface area contributed by atoms with E-state index in [2.05, 4.69) is 113 Å². The van der Waals surface area contributed by atoms with Crippen molar-refractivity contribution in [3.8, 4) is 11.4 Å². The van der Waals surface area contributed by atoms with Crippen molar-refractivity contribution in [3.05, 3.63) is 120 Å². The summed E-state index contributed by atoms with van der Waals surface area (Å²) in [6.45, 7) is 14.2. The molecule has 334 valence electrons. The van der Waals surface area contributed by atoms with Crippen molar-refractivity contribution in [2.75, 3.05) is 62.4 Å². The zero-order valence-electron chi connectivity index (χ0n) is 37.3. The molecule has 15 heteroatoms. The number of furan rings is 2. The predicted molar refractivity (Wildman–Crippen MR) is 262 cm³/mol. The number of H-pyrrole nitrogens is 1. The lowest BCUT2D eigenvalue weighted by Gasteiger charge is -2.32. The van der Waals surface area contributed by atoms with Crippen LogP contribution in [0.2, 0.25) is 5.28 Å². The Labute approximate surface area is 386 Å². The Morgan fingerprint density at radius 3 is 1.91 bits per heavy atom. The molecule has 66 heavy (non-hydrogen) atoms. The van der Waals surface area contributed by atoms with Crippen molar-refractivity contribution in [1.82, 2.24) is 24.9 Å². The molecule has 4 aromatic carbocycles. The summed E-state index contributed by atoms with van der Waals surface area (Å²) in [6, 6.07) is 30.6. The van der Waals surface area contributed by atoms with E-state index in [1.807, 2.05) is 48.7 Å². The molecular weight excluding hydrogens is 853 g/mol. The van der Waals surface area contributed by atoms with Gasteiger partial charge in [0.2, 0.25) is 5.28 Å². The third-order valence-corrected chi connectivity index (χ3v) is 13.3. The molecule has 4 aliphatic rings. The van der Waals surface area contributed by atoms with Crippen LogP contribution in [0.5, 0.6) is 0 Å². The molecule has 3 aliphatic heterocycles. The zero-order valence-corrected chi connectivity index (χ0v) is 38.1. The second-order valence-electron chi connectivity index (χ2n) is 17.9.